The average Bonchev–Trinajstić information content (AvgIpc) is 2.83. The zero-order valence-electron chi connectivity index (χ0n) is 23.6. The number of carboxylic acid groups (broad SMARTS) is 1. The summed E-state index contributed by atoms with van der Waals surface area (Å²) in [5.41, 5.74) is -0.0577. The molecule has 0 aromatic carbocycles. The van der Waals surface area contributed by atoms with Gasteiger partial charge in [-0.1, -0.05) is 27.7 Å². The van der Waals surface area contributed by atoms with Gasteiger partial charge in [-0.25, -0.2) is 0 Å². The van der Waals surface area contributed by atoms with Crippen molar-refractivity contribution in [3.8, 4) is 0 Å². The quantitative estimate of drug-likeness (QED) is 0.371. The number of ether oxygens (including phenoxy) is 2. The fraction of sp³-hybridized carbons (Fsp3) is 0.833. The van der Waals surface area contributed by atoms with Gasteiger partial charge in [-0.2, -0.15) is 0 Å². The first-order valence-electron chi connectivity index (χ1n) is 14.3. The molecule has 1 saturated heterocycles. The van der Waals surface area contributed by atoms with Crippen LogP contribution in [0.3, 0.4) is 0 Å². The lowest BCUT2D eigenvalue weighted by molar-refractivity contribution is -0.312. The number of carbonyl (C=O) groups excluding carboxylic acids is 2. The van der Waals surface area contributed by atoms with Crippen molar-refractivity contribution in [3.63, 3.8) is 0 Å². The van der Waals surface area contributed by atoms with Crippen LogP contribution in [-0.2, 0) is 23.9 Å². The third kappa shape index (κ3) is 6.30. The van der Waals surface area contributed by atoms with E-state index in [1.165, 1.54) is 0 Å². The summed E-state index contributed by atoms with van der Waals surface area (Å²) in [6.07, 6.45) is 6.32. The van der Waals surface area contributed by atoms with Crippen LogP contribution in [-0.4, -0.2) is 46.2 Å². The molecule has 10 atom stereocenters. The van der Waals surface area contributed by atoms with E-state index in [0.717, 1.165) is 31.3 Å². The van der Waals surface area contributed by atoms with Crippen LogP contribution >= 0.6 is 0 Å². The molecule has 0 aromatic rings. The molecular formula is C30H48O7. The maximum atomic E-state index is 12.1. The Morgan fingerprint density at radius 3 is 2.24 bits per heavy atom. The van der Waals surface area contributed by atoms with Crippen molar-refractivity contribution in [2.45, 2.75) is 105 Å². The molecule has 3 rings (SSSR count). The van der Waals surface area contributed by atoms with Gasteiger partial charge in [0.2, 0.25) is 0 Å². The third-order valence-corrected chi connectivity index (χ3v) is 9.85. The third-order valence-electron chi connectivity index (χ3n) is 9.85. The summed E-state index contributed by atoms with van der Waals surface area (Å²) < 4.78 is 12.7. The predicted octanol–water partition coefficient (Wildman–Crippen LogP) is 5.39. The summed E-state index contributed by atoms with van der Waals surface area (Å²) in [6.45, 7) is 11.9. The molecule has 3 aliphatic rings. The maximum absolute atomic E-state index is 12.1. The lowest BCUT2D eigenvalue weighted by Gasteiger charge is -2.57. The lowest BCUT2D eigenvalue weighted by atomic mass is 9.58. The van der Waals surface area contributed by atoms with Crippen LogP contribution in [0.5, 0.6) is 0 Å². The number of Topliss-reactive ketones (excluding diaryl/α,β-unsaturated/α-hetero) is 2. The lowest BCUT2D eigenvalue weighted by Crippen LogP contribution is -2.65. The molecule has 7 heteroatoms. The summed E-state index contributed by atoms with van der Waals surface area (Å²) >= 11 is 0. The topological polar surface area (TPSA) is 110 Å². The summed E-state index contributed by atoms with van der Waals surface area (Å²) in [5, 5.41) is 21.3. The minimum Gasteiger partial charge on any atom is -0.489 e. The van der Waals surface area contributed by atoms with Crippen LogP contribution in [0.25, 0.3) is 0 Å². The molecule has 2 saturated carbocycles. The molecule has 37 heavy (non-hydrogen) atoms. The standard InChI is InChI=1S/C30H48O7/c1-17-7-11-24(22(6)28(33)34)25(23(17)12-9-20(4)31)16-37-30-26(14-10-21(5)32)18(2)8-13-27(30)19(3)15-36-29(30)35/h16-19,22-24,26-27,29,35H,7-15H2,1-6H3,(H,33,34)/b25-16+/t17-,18-,19+,22-,23+,24+,26+,27+,29?,30?/m1/s1. The van der Waals surface area contributed by atoms with Gasteiger partial charge < -0.3 is 29.3 Å². The molecule has 0 radical (unpaired) electrons. The second-order valence-corrected chi connectivity index (χ2v) is 12.4. The van der Waals surface area contributed by atoms with Gasteiger partial charge in [-0.3, -0.25) is 4.79 Å². The van der Waals surface area contributed by atoms with Gasteiger partial charge in [0.05, 0.1) is 18.8 Å². The summed E-state index contributed by atoms with van der Waals surface area (Å²) in [6, 6.07) is 0. The predicted molar refractivity (Wildman–Crippen MR) is 140 cm³/mol. The highest BCUT2D eigenvalue weighted by Gasteiger charge is 2.60. The van der Waals surface area contributed by atoms with Gasteiger partial charge in [0.25, 0.3) is 0 Å². The van der Waals surface area contributed by atoms with Crippen molar-refractivity contribution in [2.75, 3.05) is 6.61 Å². The largest absolute Gasteiger partial charge is 0.489 e. The second kappa shape index (κ2) is 12.4. The molecule has 0 amide bonds. The molecule has 7 nitrogen and oxygen atoms in total. The number of allylic oxidation sites excluding steroid dienone is 1. The van der Waals surface area contributed by atoms with Crippen LogP contribution in [0.1, 0.15) is 92.9 Å². The Hall–Kier alpha value is -1.73. The first kappa shape index (κ1) is 29.8. The molecule has 2 unspecified atom stereocenters. The highest BCUT2D eigenvalue weighted by molar-refractivity contribution is 5.75. The van der Waals surface area contributed by atoms with E-state index >= 15 is 0 Å². The Balaban J connectivity index is 2.08. The fourth-order valence-electron chi connectivity index (χ4n) is 7.55. The number of carboxylic acids is 1. The Morgan fingerprint density at radius 2 is 1.62 bits per heavy atom. The smallest absolute Gasteiger partial charge is 0.306 e. The average molecular weight is 521 g/mol. The molecule has 0 spiro atoms. The van der Waals surface area contributed by atoms with E-state index in [1.807, 2.05) is 0 Å². The summed E-state index contributed by atoms with van der Waals surface area (Å²) in [5.74, 6) is -0.640. The number of aliphatic hydroxyl groups excluding tert-OH is 1. The number of hydrogen-bond acceptors (Lipinski definition) is 6. The van der Waals surface area contributed by atoms with Crippen molar-refractivity contribution in [1.82, 2.24) is 0 Å². The normalized spacial score (nSPS) is 40.0. The molecule has 0 aromatic heterocycles. The van der Waals surface area contributed by atoms with Crippen LogP contribution in [0.15, 0.2) is 11.8 Å². The Bertz CT molecular complexity index is 866. The molecule has 0 bridgehead atoms. The van der Waals surface area contributed by atoms with Crippen LogP contribution in [0.4, 0.5) is 0 Å². The fourth-order valence-corrected chi connectivity index (χ4v) is 7.55. The zero-order chi connectivity index (χ0) is 27.5. The van der Waals surface area contributed by atoms with Gasteiger partial charge in [-0.05, 0) is 87.5 Å². The SMILES string of the molecule is CC(=O)CC[C@@H]1/C(=C\OC23C(O)OC[C@H](C)[C@@H]2CC[C@@H](C)[C@@H]3CCC(C)=O)[C@H]([C@@H](C)C(=O)O)CC[C@H]1C. The first-order chi connectivity index (χ1) is 17.4. The van der Waals surface area contributed by atoms with E-state index in [-0.39, 0.29) is 47.1 Å². The van der Waals surface area contributed by atoms with Crippen LogP contribution in [0.2, 0.25) is 0 Å². The van der Waals surface area contributed by atoms with Crippen molar-refractivity contribution < 1.29 is 34.1 Å². The van der Waals surface area contributed by atoms with E-state index in [1.54, 1.807) is 27.0 Å². The van der Waals surface area contributed by atoms with Crippen molar-refractivity contribution in [2.24, 2.45) is 47.3 Å². The van der Waals surface area contributed by atoms with Gasteiger partial charge in [0, 0.05) is 24.7 Å². The molecule has 1 heterocycles. The van der Waals surface area contributed by atoms with E-state index < -0.39 is 23.8 Å². The Kier molecular flexibility index (Phi) is 10.0. The van der Waals surface area contributed by atoms with E-state index in [0.29, 0.717) is 38.2 Å². The number of hydrogen-bond donors (Lipinski definition) is 2. The highest BCUT2D eigenvalue weighted by Crippen LogP contribution is 2.54. The minimum absolute atomic E-state index is 0.0371. The number of aliphatic carboxylic acids is 1. The maximum Gasteiger partial charge on any atom is 0.306 e. The Morgan fingerprint density at radius 1 is 1.00 bits per heavy atom. The number of fused-ring (bicyclic) bond motifs is 1. The van der Waals surface area contributed by atoms with Crippen LogP contribution in [0, 0.1) is 47.3 Å². The Labute approximate surface area is 222 Å². The number of ketones is 2. The molecule has 1 aliphatic heterocycles. The monoisotopic (exact) mass is 520 g/mol. The van der Waals surface area contributed by atoms with Crippen molar-refractivity contribution >= 4 is 17.5 Å². The molecule has 210 valence electrons. The summed E-state index contributed by atoms with van der Waals surface area (Å²) in [7, 11) is 0. The van der Waals surface area contributed by atoms with Gasteiger partial charge in [-0.15, -0.1) is 0 Å². The number of rotatable bonds is 10. The number of aliphatic hydroxyl groups is 1. The number of carbonyl (C=O) groups is 3. The minimum atomic E-state index is -1.13. The first-order valence-corrected chi connectivity index (χ1v) is 14.3. The van der Waals surface area contributed by atoms with E-state index in [2.05, 4.69) is 20.8 Å². The molecule has 3 fully saturated rings. The summed E-state index contributed by atoms with van der Waals surface area (Å²) in [4.78, 5) is 35.9. The zero-order valence-corrected chi connectivity index (χ0v) is 23.6. The molecular weight excluding hydrogens is 472 g/mol. The van der Waals surface area contributed by atoms with Gasteiger partial charge >= 0.3 is 5.97 Å². The van der Waals surface area contributed by atoms with Crippen molar-refractivity contribution in [3.05, 3.63) is 11.8 Å². The van der Waals surface area contributed by atoms with Gasteiger partial charge in [0.15, 0.2) is 11.9 Å². The molecule has 2 aliphatic carbocycles. The van der Waals surface area contributed by atoms with Crippen molar-refractivity contribution in [1.29, 1.82) is 0 Å². The van der Waals surface area contributed by atoms with Crippen LogP contribution < -0.4 is 0 Å². The van der Waals surface area contributed by atoms with Gasteiger partial charge in [0.1, 0.15) is 11.6 Å². The van der Waals surface area contributed by atoms with E-state index in [4.69, 9.17) is 9.47 Å². The highest BCUT2D eigenvalue weighted by atomic mass is 16.6. The molecule has 2 N–H and O–H groups in total. The second-order valence-electron chi connectivity index (χ2n) is 12.4. The van der Waals surface area contributed by atoms with E-state index in [9.17, 15) is 24.6 Å².